The number of hydrogen-bond donors (Lipinski definition) is 2. The number of hydrogen-bond acceptors (Lipinski definition) is 8. The second kappa shape index (κ2) is 15.7. The van der Waals surface area contributed by atoms with E-state index >= 15 is 0 Å². The lowest BCUT2D eigenvalue weighted by Gasteiger charge is -2.50. The van der Waals surface area contributed by atoms with E-state index in [9.17, 15) is 14.2 Å². The summed E-state index contributed by atoms with van der Waals surface area (Å²) in [6, 6.07) is 31.4. The number of benzene rings is 3. The monoisotopic (exact) mass is 732 g/mol. The van der Waals surface area contributed by atoms with Crippen molar-refractivity contribution in [1.82, 2.24) is 29.3 Å². The maximum Gasteiger partial charge on any atom is 0.363 e. The summed E-state index contributed by atoms with van der Waals surface area (Å²) in [5.74, 6) is 0. The van der Waals surface area contributed by atoms with Gasteiger partial charge in [-0.3, -0.25) is 28.7 Å². The smallest absolute Gasteiger partial charge is 0.350 e. The molecule has 3 aliphatic heterocycles. The molecule has 51 heavy (non-hydrogen) atoms. The van der Waals surface area contributed by atoms with E-state index in [1.54, 1.807) is 11.6 Å². The SMILES string of the molecule is Cc1cn(C2CN(C(c3ccccc3)(c3ccccc3)c3ccccc3)CC(COP(=O)(Cl)N3CCN(C4CCNCC4)CC3)O2)c(=O)[nH]c1=O. The highest BCUT2D eigenvalue weighted by molar-refractivity contribution is 7.83. The Morgan fingerprint density at radius 2 is 1.39 bits per heavy atom. The molecule has 7 rings (SSSR count). The normalized spacial score (nSPS) is 22.8. The number of ether oxygens (including phenoxy) is 1. The number of aryl methyl sites for hydroxylation is 1. The van der Waals surface area contributed by atoms with Gasteiger partial charge in [0.15, 0.2) is 6.23 Å². The Bertz CT molecular complexity index is 1820. The molecule has 3 fully saturated rings. The van der Waals surface area contributed by atoms with E-state index in [0.717, 1.165) is 55.7 Å². The van der Waals surface area contributed by atoms with Gasteiger partial charge in [-0.1, -0.05) is 91.0 Å². The minimum absolute atomic E-state index is 0.0617. The minimum atomic E-state index is -3.70. The summed E-state index contributed by atoms with van der Waals surface area (Å²) in [5, 5.41) is 3.42. The molecule has 3 aromatic carbocycles. The van der Waals surface area contributed by atoms with Gasteiger partial charge in [0.25, 0.3) is 5.56 Å². The average molecular weight is 733 g/mol. The van der Waals surface area contributed by atoms with Gasteiger partial charge in [-0.15, -0.1) is 0 Å². The third-order valence-electron chi connectivity index (χ3n) is 10.5. The van der Waals surface area contributed by atoms with Crippen molar-refractivity contribution in [1.29, 1.82) is 0 Å². The van der Waals surface area contributed by atoms with Crippen LogP contribution in [0.4, 0.5) is 0 Å². The summed E-state index contributed by atoms with van der Waals surface area (Å²) in [7, 11) is 0. The van der Waals surface area contributed by atoms with E-state index in [4.69, 9.17) is 20.5 Å². The van der Waals surface area contributed by atoms with E-state index in [-0.39, 0.29) is 13.2 Å². The second-order valence-corrected chi connectivity index (χ2v) is 16.6. The van der Waals surface area contributed by atoms with Gasteiger partial charge in [0.2, 0.25) is 0 Å². The van der Waals surface area contributed by atoms with Crippen molar-refractivity contribution in [2.24, 2.45) is 0 Å². The van der Waals surface area contributed by atoms with Crippen LogP contribution >= 0.6 is 18.1 Å². The van der Waals surface area contributed by atoms with Crippen molar-refractivity contribution in [3.8, 4) is 0 Å². The highest BCUT2D eigenvalue weighted by Crippen LogP contribution is 2.56. The Hall–Kier alpha value is -3.38. The Morgan fingerprint density at radius 3 is 1.94 bits per heavy atom. The number of aromatic amines is 1. The van der Waals surface area contributed by atoms with Crippen molar-refractivity contribution in [2.45, 2.75) is 43.7 Å². The highest BCUT2D eigenvalue weighted by Gasteiger charge is 2.47. The molecule has 0 bridgehead atoms. The molecule has 3 saturated heterocycles. The third kappa shape index (κ3) is 7.59. The lowest BCUT2D eigenvalue weighted by Crippen LogP contribution is -2.58. The number of halogens is 1. The van der Waals surface area contributed by atoms with Gasteiger partial charge >= 0.3 is 12.6 Å². The zero-order chi connectivity index (χ0) is 35.4. The van der Waals surface area contributed by atoms with E-state index in [1.165, 1.54) is 10.8 Å². The number of rotatable bonds is 10. The maximum atomic E-state index is 14.0. The first kappa shape index (κ1) is 36.0. The number of aromatic nitrogens is 2. The third-order valence-corrected chi connectivity index (χ3v) is 13.0. The summed E-state index contributed by atoms with van der Waals surface area (Å²) in [6.07, 6.45) is 2.31. The van der Waals surface area contributed by atoms with Crippen LogP contribution < -0.4 is 16.6 Å². The fourth-order valence-corrected chi connectivity index (χ4v) is 9.76. The maximum absolute atomic E-state index is 14.0. The molecule has 0 amide bonds. The Balaban J connectivity index is 1.23. The van der Waals surface area contributed by atoms with Crippen LogP contribution in [0.25, 0.3) is 0 Å². The summed E-state index contributed by atoms with van der Waals surface area (Å²) >= 11 is 6.77. The number of piperidine rings is 1. The first-order valence-corrected chi connectivity index (χ1v) is 20.3. The van der Waals surface area contributed by atoms with Gasteiger partial charge < -0.3 is 14.6 Å². The van der Waals surface area contributed by atoms with E-state index < -0.39 is 36.0 Å². The first-order valence-electron chi connectivity index (χ1n) is 17.8. The molecule has 4 heterocycles. The predicted octanol–water partition coefficient (Wildman–Crippen LogP) is 4.77. The Morgan fingerprint density at radius 1 is 0.843 bits per heavy atom. The van der Waals surface area contributed by atoms with Crippen molar-refractivity contribution in [3.63, 3.8) is 0 Å². The molecule has 3 unspecified atom stereocenters. The number of morpholine rings is 1. The molecular formula is C38H46ClN6O5P. The quantitative estimate of drug-likeness (QED) is 0.176. The van der Waals surface area contributed by atoms with Crippen LogP contribution in [0.1, 0.15) is 41.3 Å². The lowest BCUT2D eigenvalue weighted by atomic mass is 9.75. The molecule has 0 radical (unpaired) electrons. The molecule has 1 aromatic heterocycles. The molecule has 0 saturated carbocycles. The van der Waals surface area contributed by atoms with Crippen LogP contribution in [0.5, 0.6) is 0 Å². The molecule has 0 spiro atoms. The van der Waals surface area contributed by atoms with Crippen LogP contribution in [-0.4, -0.2) is 95.1 Å². The average Bonchev–Trinajstić information content (AvgIpc) is 3.17. The van der Waals surface area contributed by atoms with Crippen molar-refractivity contribution < 1.29 is 13.8 Å². The largest absolute Gasteiger partial charge is 0.363 e. The summed E-state index contributed by atoms with van der Waals surface area (Å²) in [5.41, 5.74) is 1.64. The molecule has 270 valence electrons. The molecule has 0 aliphatic carbocycles. The molecule has 3 aliphatic rings. The van der Waals surface area contributed by atoms with E-state index in [0.29, 0.717) is 31.2 Å². The first-order chi connectivity index (χ1) is 24.8. The van der Waals surface area contributed by atoms with Crippen LogP contribution in [-0.2, 0) is 19.4 Å². The standard InChI is InChI=1S/C38H46ClN6O5P/c1-29-25-45(37(47)41-36(29)46)35-27-43(38(30-11-5-2-6-12-30,31-13-7-3-8-14-31)32-15-9-4-10-16-32)26-34(50-35)28-49-51(39,48)44-23-21-42(22-24-44)33-17-19-40-20-18-33/h2-16,25,33-35,40H,17-24,26-28H2,1H3,(H,41,46,47). The number of nitrogens with one attached hydrogen (secondary N) is 2. The summed E-state index contributed by atoms with van der Waals surface area (Å²) in [4.78, 5) is 32.9. The minimum Gasteiger partial charge on any atom is -0.350 e. The summed E-state index contributed by atoms with van der Waals surface area (Å²) < 4.78 is 30.0. The summed E-state index contributed by atoms with van der Waals surface area (Å²) in [6.45, 7) is 3.26. The van der Waals surface area contributed by atoms with Crippen molar-refractivity contribution in [3.05, 3.63) is 140 Å². The molecular weight excluding hydrogens is 687 g/mol. The zero-order valence-electron chi connectivity index (χ0n) is 28.9. The van der Waals surface area contributed by atoms with Gasteiger partial charge in [-0.05, 0) is 60.8 Å². The molecule has 11 nitrogen and oxygen atoms in total. The van der Waals surface area contributed by atoms with Crippen molar-refractivity contribution >= 4 is 18.1 Å². The van der Waals surface area contributed by atoms with Crippen LogP contribution in [0.3, 0.4) is 0 Å². The predicted molar refractivity (Wildman–Crippen MR) is 199 cm³/mol. The van der Waals surface area contributed by atoms with Gasteiger partial charge in [0, 0.05) is 57.1 Å². The Labute approximate surface area is 303 Å². The van der Waals surface area contributed by atoms with Crippen LogP contribution in [0.15, 0.2) is 107 Å². The number of H-pyrrole nitrogens is 1. The molecule has 2 N–H and O–H groups in total. The fourth-order valence-electron chi connectivity index (χ4n) is 7.97. The van der Waals surface area contributed by atoms with E-state index in [2.05, 4.69) is 56.5 Å². The number of nitrogens with zero attached hydrogens (tertiary/aromatic N) is 4. The van der Waals surface area contributed by atoms with Gasteiger partial charge in [0.05, 0.1) is 18.2 Å². The van der Waals surface area contributed by atoms with Gasteiger partial charge in [-0.25, -0.2) is 9.46 Å². The lowest BCUT2D eigenvalue weighted by molar-refractivity contribution is -0.148. The van der Waals surface area contributed by atoms with Crippen molar-refractivity contribution in [2.75, 3.05) is 59.0 Å². The molecule has 3 atom stereocenters. The Kier molecular flexibility index (Phi) is 11.1. The van der Waals surface area contributed by atoms with Gasteiger partial charge in [-0.2, -0.15) is 0 Å². The van der Waals surface area contributed by atoms with Crippen LogP contribution in [0.2, 0.25) is 0 Å². The number of piperazine rings is 1. The van der Waals surface area contributed by atoms with Gasteiger partial charge in [0.1, 0.15) is 0 Å². The van der Waals surface area contributed by atoms with E-state index in [1.807, 2.05) is 54.6 Å². The fraction of sp³-hybridized carbons (Fsp3) is 0.421. The zero-order valence-corrected chi connectivity index (χ0v) is 30.6. The topological polar surface area (TPSA) is 112 Å². The van der Waals surface area contributed by atoms with Crippen LogP contribution in [0, 0.1) is 6.92 Å². The highest BCUT2D eigenvalue weighted by atomic mass is 35.7. The molecule has 13 heteroatoms. The molecule has 4 aromatic rings. The second-order valence-electron chi connectivity index (χ2n) is 13.6.